The van der Waals surface area contributed by atoms with Crippen molar-refractivity contribution in [2.75, 3.05) is 5.32 Å². The number of thiophene rings is 1. The lowest BCUT2D eigenvalue weighted by molar-refractivity contribution is 0.103. The Bertz CT molecular complexity index is 1070. The normalized spacial score (nSPS) is 11.0. The van der Waals surface area contributed by atoms with Gasteiger partial charge in [0.15, 0.2) is 5.82 Å². The predicted octanol–water partition coefficient (Wildman–Crippen LogP) is 5.12. The summed E-state index contributed by atoms with van der Waals surface area (Å²) in [6.07, 6.45) is 0. The van der Waals surface area contributed by atoms with Crippen molar-refractivity contribution in [2.24, 2.45) is 0 Å². The first-order valence-electron chi connectivity index (χ1n) is 7.51. The third-order valence-corrected chi connectivity index (χ3v) is 5.69. The smallest absolute Gasteiger partial charge is 0.267 e. The van der Waals surface area contributed by atoms with Crippen molar-refractivity contribution in [3.05, 3.63) is 64.8 Å². The second kappa shape index (κ2) is 6.34. The number of aryl methyl sites for hydroxylation is 1. The molecule has 0 aliphatic heterocycles. The maximum atomic E-state index is 13.4. The molecule has 7 heteroatoms. The van der Waals surface area contributed by atoms with Crippen LogP contribution in [0.3, 0.4) is 0 Å². The first-order valence-corrected chi connectivity index (χ1v) is 9.10. The van der Waals surface area contributed by atoms with Gasteiger partial charge in [-0.05, 0) is 36.1 Å². The molecule has 124 valence electrons. The van der Waals surface area contributed by atoms with Crippen molar-refractivity contribution in [1.29, 1.82) is 0 Å². The van der Waals surface area contributed by atoms with E-state index in [1.54, 1.807) is 6.07 Å². The van der Waals surface area contributed by atoms with Gasteiger partial charge in [-0.25, -0.2) is 4.39 Å². The number of fused-ring (bicyclic) bond motifs is 1. The maximum Gasteiger partial charge on any atom is 0.267 e. The number of amides is 1. The topological polar surface area (TPSA) is 54.9 Å². The first kappa shape index (κ1) is 15.9. The number of rotatable bonds is 3. The Morgan fingerprint density at radius 1 is 1.16 bits per heavy atom. The zero-order valence-corrected chi connectivity index (χ0v) is 14.7. The fourth-order valence-electron chi connectivity index (χ4n) is 2.54. The Morgan fingerprint density at radius 3 is 2.76 bits per heavy atom. The van der Waals surface area contributed by atoms with Gasteiger partial charge < -0.3 is 0 Å². The maximum absolute atomic E-state index is 13.4. The summed E-state index contributed by atoms with van der Waals surface area (Å²) in [4.78, 5) is 17.5. The highest BCUT2D eigenvalue weighted by Crippen LogP contribution is 2.32. The van der Waals surface area contributed by atoms with Crippen LogP contribution in [0.4, 0.5) is 9.52 Å². The third kappa shape index (κ3) is 3.04. The third-order valence-electron chi connectivity index (χ3n) is 3.78. The number of hydrogen-bond donors (Lipinski definition) is 1. The van der Waals surface area contributed by atoms with Gasteiger partial charge in [-0.15, -0.1) is 11.3 Å². The van der Waals surface area contributed by atoms with Crippen LogP contribution in [0.25, 0.3) is 21.5 Å². The van der Waals surface area contributed by atoms with Gasteiger partial charge in [-0.1, -0.05) is 30.3 Å². The van der Waals surface area contributed by atoms with Crippen molar-refractivity contribution in [1.82, 2.24) is 9.36 Å². The van der Waals surface area contributed by atoms with Gasteiger partial charge in [-0.3, -0.25) is 10.1 Å². The SMILES string of the molecule is Cc1c(C(=O)Nc2nc(-c3ccccc3)ns2)sc2ccc(F)cc12. The summed E-state index contributed by atoms with van der Waals surface area (Å²) in [6.45, 7) is 1.82. The molecule has 0 saturated heterocycles. The van der Waals surface area contributed by atoms with Crippen LogP contribution in [0.1, 0.15) is 15.2 Å². The van der Waals surface area contributed by atoms with Crippen LogP contribution >= 0.6 is 22.9 Å². The van der Waals surface area contributed by atoms with Crippen LogP contribution in [0, 0.1) is 12.7 Å². The summed E-state index contributed by atoms with van der Waals surface area (Å²) in [5, 5.41) is 3.99. The van der Waals surface area contributed by atoms with Crippen LogP contribution in [-0.2, 0) is 0 Å². The number of nitrogens with zero attached hydrogens (tertiary/aromatic N) is 2. The van der Waals surface area contributed by atoms with E-state index in [1.165, 1.54) is 23.5 Å². The average Bonchev–Trinajstić information content (AvgIpc) is 3.21. The minimum absolute atomic E-state index is 0.255. The Balaban J connectivity index is 1.61. The van der Waals surface area contributed by atoms with E-state index in [2.05, 4.69) is 14.7 Å². The summed E-state index contributed by atoms with van der Waals surface area (Å²) < 4.78 is 18.6. The lowest BCUT2D eigenvalue weighted by Gasteiger charge is -1.99. The van der Waals surface area contributed by atoms with Gasteiger partial charge in [0.2, 0.25) is 5.13 Å². The van der Waals surface area contributed by atoms with Crippen molar-refractivity contribution < 1.29 is 9.18 Å². The molecule has 0 bridgehead atoms. The van der Waals surface area contributed by atoms with E-state index in [4.69, 9.17) is 0 Å². The molecule has 0 unspecified atom stereocenters. The van der Waals surface area contributed by atoms with Gasteiger partial charge in [-0.2, -0.15) is 9.36 Å². The number of carbonyl (C=O) groups excluding carboxylic acids is 1. The molecule has 0 radical (unpaired) electrons. The zero-order valence-electron chi connectivity index (χ0n) is 13.1. The summed E-state index contributed by atoms with van der Waals surface area (Å²) in [5.74, 6) is 0.0166. The highest BCUT2D eigenvalue weighted by Gasteiger charge is 2.18. The van der Waals surface area contributed by atoms with Crippen LogP contribution in [-0.4, -0.2) is 15.3 Å². The van der Waals surface area contributed by atoms with E-state index in [0.29, 0.717) is 15.8 Å². The Morgan fingerprint density at radius 2 is 1.96 bits per heavy atom. The molecule has 0 aliphatic rings. The Kier molecular flexibility index (Phi) is 4.03. The number of nitrogens with one attached hydrogen (secondary N) is 1. The van der Waals surface area contributed by atoms with Gasteiger partial charge in [0.05, 0.1) is 4.88 Å². The molecule has 4 aromatic rings. The fraction of sp³-hybridized carbons (Fsp3) is 0.0556. The first-order chi connectivity index (χ1) is 12.1. The van der Waals surface area contributed by atoms with Gasteiger partial charge in [0.1, 0.15) is 5.82 Å². The number of halogens is 1. The number of benzene rings is 2. The second-order valence-electron chi connectivity index (χ2n) is 5.44. The van der Waals surface area contributed by atoms with E-state index in [1.807, 2.05) is 37.3 Å². The number of aromatic nitrogens is 2. The van der Waals surface area contributed by atoms with E-state index >= 15 is 0 Å². The van der Waals surface area contributed by atoms with E-state index < -0.39 is 0 Å². The molecule has 2 heterocycles. The van der Waals surface area contributed by atoms with E-state index in [9.17, 15) is 9.18 Å². The fourth-order valence-corrected chi connectivity index (χ4v) is 4.21. The lowest BCUT2D eigenvalue weighted by atomic mass is 10.1. The minimum atomic E-state index is -0.308. The molecule has 25 heavy (non-hydrogen) atoms. The van der Waals surface area contributed by atoms with E-state index in [0.717, 1.165) is 32.7 Å². The molecule has 1 amide bonds. The van der Waals surface area contributed by atoms with Gasteiger partial charge in [0, 0.05) is 21.8 Å². The zero-order chi connectivity index (χ0) is 17.4. The quantitative estimate of drug-likeness (QED) is 0.545. The van der Waals surface area contributed by atoms with Crippen LogP contribution in [0.15, 0.2) is 48.5 Å². The molecule has 1 N–H and O–H groups in total. The lowest BCUT2D eigenvalue weighted by Crippen LogP contribution is -2.11. The monoisotopic (exact) mass is 369 g/mol. The number of anilines is 1. The largest absolute Gasteiger partial charge is 0.296 e. The number of hydrogen-bond acceptors (Lipinski definition) is 5. The second-order valence-corrected chi connectivity index (χ2v) is 7.24. The van der Waals surface area contributed by atoms with Crippen LogP contribution < -0.4 is 5.32 Å². The van der Waals surface area contributed by atoms with Crippen molar-refractivity contribution in [2.45, 2.75) is 6.92 Å². The molecule has 4 rings (SSSR count). The molecular weight excluding hydrogens is 357 g/mol. The minimum Gasteiger partial charge on any atom is -0.296 e. The highest BCUT2D eigenvalue weighted by atomic mass is 32.1. The predicted molar refractivity (Wildman–Crippen MR) is 99.8 cm³/mol. The van der Waals surface area contributed by atoms with Crippen molar-refractivity contribution >= 4 is 44.0 Å². The molecule has 2 aromatic carbocycles. The van der Waals surface area contributed by atoms with Crippen molar-refractivity contribution in [3.63, 3.8) is 0 Å². The molecule has 0 fully saturated rings. The molecular formula is C18H12FN3OS2. The van der Waals surface area contributed by atoms with Gasteiger partial charge >= 0.3 is 0 Å². The summed E-state index contributed by atoms with van der Waals surface area (Å²) >= 11 is 2.48. The highest BCUT2D eigenvalue weighted by molar-refractivity contribution is 7.21. The van der Waals surface area contributed by atoms with Gasteiger partial charge in [0.25, 0.3) is 5.91 Å². The standard InChI is InChI=1S/C18H12FN3OS2/c1-10-13-9-12(19)7-8-14(13)24-15(10)17(23)21-18-20-16(22-25-18)11-5-3-2-4-6-11/h2-9H,1H3,(H,20,21,22,23). The molecule has 0 saturated carbocycles. The molecule has 0 aliphatic carbocycles. The molecule has 0 atom stereocenters. The van der Waals surface area contributed by atoms with E-state index in [-0.39, 0.29) is 11.7 Å². The average molecular weight is 369 g/mol. The summed E-state index contributed by atoms with van der Waals surface area (Å²) in [5.41, 5.74) is 1.66. The summed E-state index contributed by atoms with van der Waals surface area (Å²) in [6, 6.07) is 14.1. The molecule has 0 spiro atoms. The Labute approximate surface area is 151 Å². The van der Waals surface area contributed by atoms with Crippen LogP contribution in [0.2, 0.25) is 0 Å². The summed E-state index contributed by atoms with van der Waals surface area (Å²) in [7, 11) is 0. The molecule has 2 aromatic heterocycles. The molecule has 4 nitrogen and oxygen atoms in total. The number of carbonyl (C=O) groups is 1. The van der Waals surface area contributed by atoms with Crippen LogP contribution in [0.5, 0.6) is 0 Å². The van der Waals surface area contributed by atoms with Crippen molar-refractivity contribution in [3.8, 4) is 11.4 Å². The Hall–Kier alpha value is -2.64.